The molecule has 0 saturated heterocycles. The molecule has 0 aliphatic heterocycles. The first-order valence-corrected chi connectivity index (χ1v) is 16.7. The number of anilines is 1. The summed E-state index contributed by atoms with van der Waals surface area (Å²) in [4.78, 5) is 29.8. The minimum atomic E-state index is -4.11. The first-order chi connectivity index (χ1) is 19.6. The van der Waals surface area contributed by atoms with Crippen LogP contribution >= 0.6 is 23.4 Å². The summed E-state index contributed by atoms with van der Waals surface area (Å²) in [5.74, 6) is -0.756. The molecule has 41 heavy (non-hydrogen) atoms. The molecule has 0 spiro atoms. The summed E-state index contributed by atoms with van der Waals surface area (Å²) >= 11 is 7.73. The van der Waals surface area contributed by atoms with Crippen molar-refractivity contribution in [2.75, 3.05) is 17.1 Å². The van der Waals surface area contributed by atoms with Gasteiger partial charge in [-0.1, -0.05) is 54.3 Å². The van der Waals surface area contributed by atoms with Gasteiger partial charge in [0.25, 0.3) is 10.0 Å². The Morgan fingerprint density at radius 1 is 1.02 bits per heavy atom. The van der Waals surface area contributed by atoms with Crippen LogP contribution in [-0.2, 0) is 26.2 Å². The third-order valence-electron chi connectivity index (χ3n) is 7.36. The largest absolute Gasteiger partial charge is 0.352 e. The molecule has 7 nitrogen and oxygen atoms in total. The molecule has 1 aliphatic rings. The molecule has 3 aromatic rings. The minimum absolute atomic E-state index is 0.0806. The first kappa shape index (κ1) is 30.9. The number of carbonyl (C=O) groups excluding carboxylic acids is 2. The average Bonchev–Trinajstić information content (AvgIpc) is 3.48. The van der Waals surface area contributed by atoms with Gasteiger partial charge in [-0.05, 0) is 87.0 Å². The summed E-state index contributed by atoms with van der Waals surface area (Å²) < 4.78 is 29.0. The fraction of sp³-hybridized carbons (Fsp3) is 0.355. The molecule has 1 unspecified atom stereocenters. The van der Waals surface area contributed by atoms with Crippen LogP contribution in [0.2, 0.25) is 5.02 Å². The van der Waals surface area contributed by atoms with E-state index in [9.17, 15) is 18.0 Å². The highest BCUT2D eigenvalue weighted by Gasteiger charge is 2.33. The maximum Gasteiger partial charge on any atom is 0.264 e. The maximum atomic E-state index is 14.0. The third-order valence-corrected chi connectivity index (χ3v) is 10.1. The number of nitrogens with one attached hydrogen (secondary N) is 1. The lowest BCUT2D eigenvalue weighted by Gasteiger charge is -2.32. The van der Waals surface area contributed by atoms with Crippen LogP contribution in [0.1, 0.15) is 43.7 Å². The summed E-state index contributed by atoms with van der Waals surface area (Å²) in [6.07, 6.45) is 5.86. The molecule has 0 radical (unpaired) electrons. The molecule has 2 amide bonds. The molecule has 4 rings (SSSR count). The molecule has 0 bridgehead atoms. The lowest BCUT2D eigenvalue weighted by Crippen LogP contribution is -2.52. The van der Waals surface area contributed by atoms with Gasteiger partial charge in [0.1, 0.15) is 12.6 Å². The van der Waals surface area contributed by atoms with Gasteiger partial charge >= 0.3 is 0 Å². The van der Waals surface area contributed by atoms with Gasteiger partial charge in [0, 0.05) is 22.5 Å². The van der Waals surface area contributed by atoms with E-state index in [2.05, 4.69) is 5.32 Å². The number of sulfonamides is 1. The van der Waals surface area contributed by atoms with E-state index in [1.807, 2.05) is 19.2 Å². The van der Waals surface area contributed by atoms with Crippen molar-refractivity contribution in [2.24, 2.45) is 0 Å². The highest BCUT2D eigenvalue weighted by atomic mass is 35.5. The van der Waals surface area contributed by atoms with Gasteiger partial charge in [0.2, 0.25) is 11.8 Å². The number of aryl methyl sites for hydroxylation is 1. The molecule has 3 aromatic carbocycles. The van der Waals surface area contributed by atoms with Crippen LogP contribution in [0.3, 0.4) is 0 Å². The van der Waals surface area contributed by atoms with Crippen LogP contribution in [-0.4, -0.2) is 50.0 Å². The molecule has 1 fully saturated rings. The number of rotatable bonds is 11. The molecule has 1 saturated carbocycles. The average molecular weight is 614 g/mol. The quantitative estimate of drug-likeness (QED) is 0.266. The Labute approximate surface area is 252 Å². The Bertz CT molecular complexity index is 1460. The second-order valence-electron chi connectivity index (χ2n) is 10.3. The summed E-state index contributed by atoms with van der Waals surface area (Å²) in [6, 6.07) is 19.9. The van der Waals surface area contributed by atoms with Crippen molar-refractivity contribution >= 4 is 50.9 Å². The molecule has 10 heteroatoms. The van der Waals surface area contributed by atoms with Crippen molar-refractivity contribution in [3.63, 3.8) is 0 Å². The first-order valence-electron chi connectivity index (χ1n) is 13.7. The summed E-state index contributed by atoms with van der Waals surface area (Å²) in [6.45, 7) is 3.21. The lowest BCUT2D eigenvalue weighted by molar-refractivity contribution is -0.139. The predicted molar refractivity (Wildman–Crippen MR) is 166 cm³/mol. The molecular weight excluding hydrogens is 578 g/mol. The lowest BCUT2D eigenvalue weighted by atomic mass is 10.1. The van der Waals surface area contributed by atoms with E-state index in [1.54, 1.807) is 73.7 Å². The standard InChI is InChI=1S/C31H36ClN3O4S2/c1-22-11-13-27(14-12-22)35(41(38,39)29-17-15-28(40-3)16-18-29)21-30(36)34(20-24-7-6-8-25(32)19-24)23(2)31(37)33-26-9-4-5-10-26/h6-8,11-19,23,26H,4-5,9-10,20-21H2,1-3H3,(H,33,37). The number of benzene rings is 3. The number of thioether (sulfide) groups is 1. The van der Waals surface area contributed by atoms with Gasteiger partial charge in [-0.2, -0.15) is 0 Å². The SMILES string of the molecule is CSc1ccc(S(=O)(=O)N(CC(=O)N(Cc2cccc(Cl)c2)C(C)C(=O)NC2CCCC2)c2ccc(C)cc2)cc1. The Hall–Kier alpha value is -3.01. The van der Waals surface area contributed by atoms with Crippen LogP contribution < -0.4 is 9.62 Å². The van der Waals surface area contributed by atoms with E-state index in [1.165, 1.54) is 16.7 Å². The molecule has 1 atom stereocenters. The zero-order valence-electron chi connectivity index (χ0n) is 23.5. The minimum Gasteiger partial charge on any atom is -0.352 e. The maximum absolute atomic E-state index is 14.0. The Morgan fingerprint density at radius 3 is 2.29 bits per heavy atom. The topological polar surface area (TPSA) is 86.8 Å². The molecule has 218 valence electrons. The Balaban J connectivity index is 1.68. The van der Waals surface area contributed by atoms with Crippen LogP contribution in [0.25, 0.3) is 0 Å². The van der Waals surface area contributed by atoms with Gasteiger partial charge in [-0.25, -0.2) is 8.42 Å². The highest BCUT2D eigenvalue weighted by Crippen LogP contribution is 2.27. The third kappa shape index (κ3) is 7.84. The van der Waals surface area contributed by atoms with Crippen molar-refractivity contribution in [3.8, 4) is 0 Å². The fourth-order valence-electron chi connectivity index (χ4n) is 4.92. The number of hydrogen-bond acceptors (Lipinski definition) is 5. The number of hydrogen-bond donors (Lipinski definition) is 1. The summed E-state index contributed by atoms with van der Waals surface area (Å²) in [5.41, 5.74) is 2.06. The number of amides is 2. The number of halogens is 1. The zero-order chi connectivity index (χ0) is 29.6. The Morgan fingerprint density at radius 2 is 1.68 bits per heavy atom. The summed E-state index contributed by atoms with van der Waals surface area (Å²) in [5, 5.41) is 3.59. The van der Waals surface area contributed by atoms with E-state index in [-0.39, 0.29) is 23.4 Å². The smallest absolute Gasteiger partial charge is 0.264 e. The van der Waals surface area contributed by atoms with Gasteiger partial charge in [0.15, 0.2) is 0 Å². The second-order valence-corrected chi connectivity index (χ2v) is 13.5. The molecule has 0 heterocycles. The summed E-state index contributed by atoms with van der Waals surface area (Å²) in [7, 11) is -4.11. The predicted octanol–water partition coefficient (Wildman–Crippen LogP) is 6.04. The second kappa shape index (κ2) is 13.8. The van der Waals surface area contributed by atoms with Crippen LogP contribution in [0, 0.1) is 6.92 Å². The van der Waals surface area contributed by atoms with Crippen molar-refractivity contribution in [1.82, 2.24) is 10.2 Å². The van der Waals surface area contributed by atoms with E-state index in [4.69, 9.17) is 11.6 Å². The van der Waals surface area contributed by atoms with Crippen molar-refractivity contribution in [3.05, 3.63) is 88.9 Å². The van der Waals surface area contributed by atoms with E-state index < -0.39 is 28.5 Å². The monoisotopic (exact) mass is 613 g/mol. The van der Waals surface area contributed by atoms with Gasteiger partial charge < -0.3 is 10.2 Å². The van der Waals surface area contributed by atoms with Gasteiger partial charge in [-0.3, -0.25) is 13.9 Å². The van der Waals surface area contributed by atoms with E-state index >= 15 is 0 Å². The normalized spacial score (nSPS) is 14.4. The van der Waals surface area contributed by atoms with Gasteiger partial charge in [-0.15, -0.1) is 11.8 Å². The molecule has 1 aliphatic carbocycles. The van der Waals surface area contributed by atoms with Crippen molar-refractivity contribution in [1.29, 1.82) is 0 Å². The van der Waals surface area contributed by atoms with Crippen molar-refractivity contribution in [2.45, 2.75) is 68.0 Å². The molecular formula is C31H36ClN3O4S2. The number of nitrogens with zero attached hydrogens (tertiary/aromatic N) is 2. The van der Waals surface area contributed by atoms with Crippen LogP contribution in [0.15, 0.2) is 82.6 Å². The van der Waals surface area contributed by atoms with Crippen LogP contribution in [0.5, 0.6) is 0 Å². The fourth-order valence-corrected chi connectivity index (χ4v) is 6.96. The highest BCUT2D eigenvalue weighted by molar-refractivity contribution is 7.98. The van der Waals surface area contributed by atoms with Crippen molar-refractivity contribution < 1.29 is 18.0 Å². The van der Waals surface area contributed by atoms with E-state index in [0.717, 1.165) is 46.0 Å². The zero-order valence-corrected chi connectivity index (χ0v) is 25.9. The van der Waals surface area contributed by atoms with Gasteiger partial charge in [0.05, 0.1) is 10.6 Å². The molecule has 1 N–H and O–H groups in total. The number of carbonyl (C=O) groups is 2. The van der Waals surface area contributed by atoms with Crippen LogP contribution in [0.4, 0.5) is 5.69 Å². The molecule has 0 aromatic heterocycles. The Kier molecular flexibility index (Phi) is 10.4. The van der Waals surface area contributed by atoms with E-state index in [0.29, 0.717) is 10.7 Å².